The number of nitrogens with one attached hydrogen (secondary N) is 2. The Morgan fingerprint density at radius 1 is 0.967 bits per heavy atom. The Balaban J connectivity index is 1.50. The second kappa shape index (κ2) is 10.1. The first-order valence-electron chi connectivity index (χ1n) is 9.67. The highest BCUT2D eigenvalue weighted by Crippen LogP contribution is 2.16. The Morgan fingerprint density at radius 2 is 1.70 bits per heavy atom. The van der Waals surface area contributed by atoms with Crippen molar-refractivity contribution in [3.05, 3.63) is 70.2 Å². The number of morpholine rings is 1. The zero-order chi connectivity index (χ0) is 20.6. The quantitative estimate of drug-likeness (QED) is 0.405. The van der Waals surface area contributed by atoms with Gasteiger partial charge in [-0.3, -0.25) is 0 Å². The molecule has 0 spiro atoms. The van der Waals surface area contributed by atoms with Crippen LogP contribution in [0.15, 0.2) is 64.2 Å². The number of nitrogens with zero attached hydrogens (tertiary/aromatic N) is 5. The largest absolute Gasteiger partial charge is 0.378 e. The van der Waals surface area contributed by atoms with E-state index in [2.05, 4.69) is 63.8 Å². The van der Waals surface area contributed by atoms with Crippen molar-refractivity contribution in [3.8, 4) is 0 Å². The van der Waals surface area contributed by atoms with E-state index in [0.717, 1.165) is 28.7 Å². The van der Waals surface area contributed by atoms with E-state index >= 15 is 0 Å². The molecule has 0 amide bonds. The number of hydrogen-bond acceptors (Lipinski definition) is 8. The third-order valence-electron chi connectivity index (χ3n) is 4.46. The van der Waals surface area contributed by atoms with Crippen molar-refractivity contribution in [1.29, 1.82) is 0 Å². The van der Waals surface area contributed by atoms with Gasteiger partial charge in [-0.1, -0.05) is 58.4 Å². The molecule has 1 saturated heterocycles. The minimum Gasteiger partial charge on any atom is -0.378 e. The first-order valence-corrected chi connectivity index (χ1v) is 10.5. The van der Waals surface area contributed by atoms with Crippen LogP contribution in [0.4, 0.5) is 17.8 Å². The number of benzene rings is 2. The molecule has 0 bridgehead atoms. The van der Waals surface area contributed by atoms with Gasteiger partial charge in [0.05, 0.1) is 19.4 Å². The molecule has 0 atom stereocenters. The molecule has 9 heteroatoms. The van der Waals surface area contributed by atoms with Gasteiger partial charge in [0.15, 0.2) is 0 Å². The van der Waals surface area contributed by atoms with Gasteiger partial charge in [0.1, 0.15) is 0 Å². The van der Waals surface area contributed by atoms with E-state index in [0.29, 0.717) is 37.6 Å². The Kier molecular flexibility index (Phi) is 6.83. The van der Waals surface area contributed by atoms with Gasteiger partial charge in [0, 0.05) is 24.1 Å². The summed E-state index contributed by atoms with van der Waals surface area (Å²) in [5.74, 6) is 1.48. The molecule has 1 aliphatic heterocycles. The third-order valence-corrected chi connectivity index (χ3v) is 4.99. The molecule has 1 fully saturated rings. The van der Waals surface area contributed by atoms with Crippen LogP contribution >= 0.6 is 15.9 Å². The highest BCUT2D eigenvalue weighted by molar-refractivity contribution is 9.10. The van der Waals surface area contributed by atoms with E-state index in [4.69, 9.17) is 4.74 Å². The van der Waals surface area contributed by atoms with Crippen LogP contribution < -0.4 is 15.6 Å². The summed E-state index contributed by atoms with van der Waals surface area (Å²) in [6, 6.07) is 18.0. The number of anilines is 3. The van der Waals surface area contributed by atoms with Crippen molar-refractivity contribution in [2.24, 2.45) is 5.10 Å². The normalized spacial score (nSPS) is 14.1. The van der Waals surface area contributed by atoms with Gasteiger partial charge in [-0.25, -0.2) is 5.43 Å². The molecule has 154 valence electrons. The molecule has 1 aliphatic rings. The Morgan fingerprint density at radius 3 is 2.47 bits per heavy atom. The highest BCUT2D eigenvalue weighted by atomic mass is 79.9. The van der Waals surface area contributed by atoms with Crippen LogP contribution in [-0.2, 0) is 11.3 Å². The zero-order valence-corrected chi connectivity index (χ0v) is 17.9. The molecular weight excluding hydrogens is 446 g/mol. The monoisotopic (exact) mass is 467 g/mol. The molecule has 8 nitrogen and oxygen atoms in total. The van der Waals surface area contributed by atoms with Gasteiger partial charge < -0.3 is 15.0 Å². The van der Waals surface area contributed by atoms with E-state index in [1.54, 1.807) is 6.21 Å². The molecule has 0 unspecified atom stereocenters. The van der Waals surface area contributed by atoms with Crippen LogP contribution in [0.25, 0.3) is 0 Å². The Labute approximate surface area is 183 Å². The third kappa shape index (κ3) is 5.74. The number of aromatic nitrogens is 3. The fraction of sp³-hybridized carbons (Fsp3) is 0.238. The van der Waals surface area contributed by atoms with E-state index < -0.39 is 0 Å². The maximum atomic E-state index is 5.44. The smallest absolute Gasteiger partial charge is 0.250 e. The van der Waals surface area contributed by atoms with E-state index in [9.17, 15) is 0 Å². The topological polar surface area (TPSA) is 87.6 Å². The highest BCUT2D eigenvalue weighted by Gasteiger charge is 2.16. The van der Waals surface area contributed by atoms with Crippen molar-refractivity contribution in [1.82, 2.24) is 15.0 Å². The molecule has 2 aromatic carbocycles. The Hall–Kier alpha value is -3.04. The summed E-state index contributed by atoms with van der Waals surface area (Å²) in [5, 5.41) is 7.55. The maximum Gasteiger partial charge on any atom is 0.250 e. The fourth-order valence-electron chi connectivity index (χ4n) is 2.89. The van der Waals surface area contributed by atoms with Crippen molar-refractivity contribution in [2.75, 3.05) is 41.9 Å². The Bertz CT molecular complexity index is 976. The lowest BCUT2D eigenvalue weighted by Gasteiger charge is -2.27. The number of ether oxygens (including phenoxy) is 1. The van der Waals surface area contributed by atoms with E-state index in [1.807, 2.05) is 42.5 Å². The van der Waals surface area contributed by atoms with Gasteiger partial charge in [-0.05, 0) is 23.3 Å². The SMILES string of the molecule is Brc1ccc(/C=N\Nc2nc(NCc3ccccc3)nc(N3CCOCC3)n2)cc1. The first kappa shape index (κ1) is 20.2. The van der Waals surface area contributed by atoms with E-state index in [1.165, 1.54) is 0 Å². The summed E-state index contributed by atoms with van der Waals surface area (Å²) >= 11 is 3.43. The molecule has 30 heavy (non-hydrogen) atoms. The van der Waals surface area contributed by atoms with Crippen LogP contribution in [0.5, 0.6) is 0 Å². The van der Waals surface area contributed by atoms with Crippen LogP contribution in [0.3, 0.4) is 0 Å². The van der Waals surface area contributed by atoms with Crippen LogP contribution in [0.2, 0.25) is 0 Å². The van der Waals surface area contributed by atoms with Gasteiger partial charge in [-0.2, -0.15) is 20.1 Å². The minimum absolute atomic E-state index is 0.385. The lowest BCUT2D eigenvalue weighted by atomic mass is 10.2. The summed E-state index contributed by atoms with van der Waals surface area (Å²) in [5.41, 5.74) is 5.04. The van der Waals surface area contributed by atoms with Crippen molar-refractivity contribution in [3.63, 3.8) is 0 Å². The number of hydrazone groups is 1. The fourth-order valence-corrected chi connectivity index (χ4v) is 3.15. The zero-order valence-electron chi connectivity index (χ0n) is 16.3. The van der Waals surface area contributed by atoms with Crippen LogP contribution in [-0.4, -0.2) is 47.5 Å². The summed E-state index contributed by atoms with van der Waals surface area (Å²) in [6.07, 6.45) is 1.72. The van der Waals surface area contributed by atoms with Gasteiger partial charge >= 0.3 is 0 Å². The second-order valence-corrected chi connectivity index (χ2v) is 7.56. The average Bonchev–Trinajstić information content (AvgIpc) is 2.80. The second-order valence-electron chi connectivity index (χ2n) is 6.64. The maximum absolute atomic E-state index is 5.44. The molecule has 3 aromatic rings. The number of halogens is 1. The van der Waals surface area contributed by atoms with Gasteiger partial charge in [0.25, 0.3) is 0 Å². The molecule has 1 aromatic heterocycles. The number of rotatable bonds is 7. The average molecular weight is 468 g/mol. The van der Waals surface area contributed by atoms with Crippen molar-refractivity contribution >= 4 is 40.0 Å². The predicted molar refractivity (Wildman–Crippen MR) is 122 cm³/mol. The summed E-state index contributed by atoms with van der Waals surface area (Å²) in [4.78, 5) is 15.7. The molecule has 2 heterocycles. The van der Waals surface area contributed by atoms with Crippen molar-refractivity contribution in [2.45, 2.75) is 6.54 Å². The molecule has 2 N–H and O–H groups in total. The summed E-state index contributed by atoms with van der Waals surface area (Å²) in [7, 11) is 0. The van der Waals surface area contributed by atoms with Crippen molar-refractivity contribution < 1.29 is 4.74 Å². The molecular formula is C21H22BrN7O. The summed E-state index contributed by atoms with van der Waals surface area (Å²) < 4.78 is 6.46. The minimum atomic E-state index is 0.385. The lowest BCUT2D eigenvalue weighted by molar-refractivity contribution is 0.122. The molecule has 0 saturated carbocycles. The first-order chi connectivity index (χ1) is 14.8. The lowest BCUT2D eigenvalue weighted by Crippen LogP contribution is -2.37. The van der Waals surface area contributed by atoms with Gasteiger partial charge in [-0.15, -0.1) is 0 Å². The van der Waals surface area contributed by atoms with Gasteiger partial charge in [0.2, 0.25) is 17.8 Å². The molecule has 0 aliphatic carbocycles. The van der Waals surface area contributed by atoms with Crippen LogP contribution in [0.1, 0.15) is 11.1 Å². The van der Waals surface area contributed by atoms with Crippen LogP contribution in [0, 0.1) is 0 Å². The standard InChI is InChI=1S/C21H22BrN7O/c22-18-8-6-17(7-9-18)15-24-28-20-25-19(23-14-16-4-2-1-3-5-16)26-21(27-20)29-10-12-30-13-11-29/h1-9,15H,10-14H2,(H2,23,25,26,27,28)/b24-15-. The van der Waals surface area contributed by atoms with E-state index in [-0.39, 0.29) is 0 Å². The molecule has 0 radical (unpaired) electrons. The predicted octanol–water partition coefficient (Wildman–Crippen LogP) is 3.53. The number of hydrogen-bond donors (Lipinski definition) is 2. The molecule has 4 rings (SSSR count). The summed E-state index contributed by atoms with van der Waals surface area (Å²) in [6.45, 7) is 3.41.